The second-order valence-corrected chi connectivity index (χ2v) is 9.03. The van der Waals surface area contributed by atoms with E-state index in [0.717, 1.165) is 22.8 Å². The standard InChI is InChI=1S/C27H24ClFN4O2S/c1-34-15-16-35-24-12-11-20(17-21(24)28)33-26(25(31-27(33)36)22-5-2-3-13-30-22)23-6-4-14-32(23)19-9-7-18(29)8-10-19/h2-14,17,25-26H,15-16H2,1H3,(H,31,36)/t25-,26-/m0/s1. The number of methoxy groups -OCH3 is 1. The summed E-state index contributed by atoms with van der Waals surface area (Å²) in [6.45, 7) is 0.862. The van der Waals surface area contributed by atoms with E-state index < -0.39 is 0 Å². The summed E-state index contributed by atoms with van der Waals surface area (Å²) in [6.07, 6.45) is 3.72. The molecule has 0 unspecified atom stereocenters. The average molecular weight is 523 g/mol. The zero-order valence-electron chi connectivity index (χ0n) is 19.5. The first-order valence-electron chi connectivity index (χ1n) is 11.4. The molecule has 5 rings (SSSR count). The summed E-state index contributed by atoms with van der Waals surface area (Å²) in [4.78, 5) is 6.64. The highest BCUT2D eigenvalue weighted by Gasteiger charge is 2.42. The third-order valence-corrected chi connectivity index (χ3v) is 6.63. The van der Waals surface area contributed by atoms with Crippen LogP contribution in [0.1, 0.15) is 23.5 Å². The molecule has 0 spiro atoms. The molecule has 2 aromatic carbocycles. The molecule has 9 heteroatoms. The normalized spacial score (nSPS) is 17.3. The van der Waals surface area contributed by atoms with E-state index in [-0.39, 0.29) is 17.9 Å². The molecule has 0 aliphatic carbocycles. The highest BCUT2D eigenvalue weighted by Crippen LogP contribution is 2.43. The van der Waals surface area contributed by atoms with Gasteiger partial charge in [-0.3, -0.25) is 4.98 Å². The number of rotatable bonds is 8. The number of nitrogens with zero attached hydrogens (tertiary/aromatic N) is 3. The van der Waals surface area contributed by atoms with Gasteiger partial charge in [-0.2, -0.15) is 0 Å². The van der Waals surface area contributed by atoms with Gasteiger partial charge < -0.3 is 24.3 Å². The Labute approximate surface area is 219 Å². The Morgan fingerprint density at radius 2 is 1.83 bits per heavy atom. The minimum absolute atomic E-state index is 0.232. The first kappa shape index (κ1) is 24.2. The Morgan fingerprint density at radius 3 is 2.56 bits per heavy atom. The number of aromatic nitrogens is 2. The molecular weight excluding hydrogens is 499 g/mol. The lowest BCUT2D eigenvalue weighted by molar-refractivity contribution is 0.146. The van der Waals surface area contributed by atoms with Crippen molar-refractivity contribution in [2.24, 2.45) is 0 Å². The van der Waals surface area contributed by atoms with E-state index in [4.69, 9.17) is 33.3 Å². The van der Waals surface area contributed by atoms with Crippen LogP contribution in [0.5, 0.6) is 5.75 Å². The molecule has 0 radical (unpaired) electrons. The van der Waals surface area contributed by atoms with E-state index in [1.807, 2.05) is 64.2 Å². The molecule has 1 fully saturated rings. The number of anilines is 1. The molecule has 0 saturated carbocycles. The molecule has 0 bridgehead atoms. The first-order valence-corrected chi connectivity index (χ1v) is 12.2. The van der Waals surface area contributed by atoms with Crippen LogP contribution >= 0.6 is 23.8 Å². The summed E-state index contributed by atoms with van der Waals surface area (Å²) in [5.74, 6) is 0.287. The SMILES string of the molecule is COCCOc1ccc(N2C(=S)N[C@@H](c3ccccn3)[C@@H]2c2cccn2-c2ccc(F)cc2)cc1Cl. The second-order valence-electron chi connectivity index (χ2n) is 8.23. The molecular formula is C27H24ClFN4O2S. The van der Waals surface area contributed by atoms with Crippen molar-refractivity contribution in [2.75, 3.05) is 25.2 Å². The van der Waals surface area contributed by atoms with Crippen molar-refractivity contribution >= 4 is 34.6 Å². The van der Waals surface area contributed by atoms with Gasteiger partial charge >= 0.3 is 0 Å². The van der Waals surface area contributed by atoms with Gasteiger partial charge in [0.2, 0.25) is 0 Å². The molecule has 1 aliphatic rings. The third-order valence-electron chi connectivity index (χ3n) is 6.02. The van der Waals surface area contributed by atoms with E-state index in [0.29, 0.717) is 29.1 Å². The maximum Gasteiger partial charge on any atom is 0.174 e. The molecule has 0 amide bonds. The Bertz CT molecular complexity index is 1350. The molecule has 184 valence electrons. The Hall–Kier alpha value is -3.46. The number of ether oxygens (including phenoxy) is 2. The van der Waals surface area contributed by atoms with Gasteiger partial charge in [0.15, 0.2) is 5.11 Å². The van der Waals surface area contributed by atoms with Crippen LogP contribution in [0.4, 0.5) is 10.1 Å². The second kappa shape index (κ2) is 10.7. The smallest absolute Gasteiger partial charge is 0.174 e. The summed E-state index contributed by atoms with van der Waals surface area (Å²) >= 11 is 12.4. The number of halogens is 2. The lowest BCUT2D eigenvalue weighted by atomic mass is 10.0. The number of benzene rings is 2. The highest BCUT2D eigenvalue weighted by molar-refractivity contribution is 7.80. The van der Waals surface area contributed by atoms with Crippen molar-refractivity contribution in [3.05, 3.63) is 107 Å². The van der Waals surface area contributed by atoms with E-state index >= 15 is 0 Å². The first-order chi connectivity index (χ1) is 17.6. The zero-order valence-corrected chi connectivity index (χ0v) is 21.0. The van der Waals surface area contributed by atoms with Crippen LogP contribution in [-0.4, -0.2) is 35.0 Å². The Balaban J connectivity index is 1.58. The number of hydrogen-bond acceptors (Lipinski definition) is 4. The van der Waals surface area contributed by atoms with Crippen molar-refractivity contribution in [1.82, 2.24) is 14.9 Å². The molecule has 6 nitrogen and oxygen atoms in total. The lowest BCUT2D eigenvalue weighted by Crippen LogP contribution is -2.30. The molecule has 4 aromatic rings. The van der Waals surface area contributed by atoms with Gasteiger partial charge in [-0.25, -0.2) is 4.39 Å². The van der Waals surface area contributed by atoms with E-state index in [9.17, 15) is 4.39 Å². The van der Waals surface area contributed by atoms with Gasteiger partial charge in [0.1, 0.15) is 24.2 Å². The van der Waals surface area contributed by atoms with Gasteiger partial charge in [0.25, 0.3) is 0 Å². The molecule has 1 aliphatic heterocycles. The largest absolute Gasteiger partial charge is 0.490 e. The molecule has 1 N–H and O–H groups in total. The van der Waals surface area contributed by atoms with Gasteiger partial charge in [0, 0.05) is 36.6 Å². The van der Waals surface area contributed by atoms with Crippen LogP contribution in [-0.2, 0) is 4.74 Å². The maximum absolute atomic E-state index is 13.6. The van der Waals surface area contributed by atoms with Crippen LogP contribution in [0, 0.1) is 5.82 Å². The molecule has 36 heavy (non-hydrogen) atoms. The number of thiocarbonyl (C=S) groups is 1. The monoisotopic (exact) mass is 522 g/mol. The van der Waals surface area contributed by atoms with Crippen molar-refractivity contribution in [3.8, 4) is 11.4 Å². The molecule has 3 heterocycles. The molecule has 1 saturated heterocycles. The quantitative estimate of drug-likeness (QED) is 0.231. The van der Waals surface area contributed by atoms with Crippen molar-refractivity contribution < 1.29 is 13.9 Å². The van der Waals surface area contributed by atoms with Crippen LogP contribution in [0.2, 0.25) is 5.02 Å². The van der Waals surface area contributed by atoms with E-state index in [1.165, 1.54) is 12.1 Å². The molecule has 2 atom stereocenters. The highest BCUT2D eigenvalue weighted by atomic mass is 35.5. The predicted octanol–water partition coefficient (Wildman–Crippen LogP) is 5.87. The van der Waals surface area contributed by atoms with Gasteiger partial charge in [-0.15, -0.1) is 0 Å². The minimum atomic E-state index is -0.286. The Morgan fingerprint density at radius 1 is 1.03 bits per heavy atom. The topological polar surface area (TPSA) is 51.6 Å². The fraction of sp³-hybridized carbons (Fsp3) is 0.185. The fourth-order valence-electron chi connectivity index (χ4n) is 4.40. The van der Waals surface area contributed by atoms with Crippen molar-refractivity contribution in [1.29, 1.82) is 0 Å². The van der Waals surface area contributed by atoms with E-state index in [1.54, 1.807) is 25.4 Å². The maximum atomic E-state index is 13.6. The van der Waals surface area contributed by atoms with Crippen LogP contribution in [0.25, 0.3) is 5.69 Å². The third kappa shape index (κ3) is 4.80. The Kier molecular flexibility index (Phi) is 7.18. The predicted molar refractivity (Wildman–Crippen MR) is 142 cm³/mol. The van der Waals surface area contributed by atoms with Gasteiger partial charge in [-0.1, -0.05) is 17.7 Å². The van der Waals surface area contributed by atoms with E-state index in [2.05, 4.69) is 10.3 Å². The summed E-state index contributed by atoms with van der Waals surface area (Å²) < 4.78 is 26.5. The fourth-order valence-corrected chi connectivity index (χ4v) is 4.97. The van der Waals surface area contributed by atoms with Crippen molar-refractivity contribution in [2.45, 2.75) is 12.1 Å². The lowest BCUT2D eigenvalue weighted by Gasteiger charge is -2.29. The van der Waals surface area contributed by atoms with Gasteiger partial charge in [-0.05, 0) is 78.9 Å². The van der Waals surface area contributed by atoms with Crippen LogP contribution in [0.15, 0.2) is 85.2 Å². The van der Waals surface area contributed by atoms with Gasteiger partial charge in [0.05, 0.1) is 23.4 Å². The summed E-state index contributed by atoms with van der Waals surface area (Å²) in [5.41, 5.74) is 3.46. The summed E-state index contributed by atoms with van der Waals surface area (Å²) in [6, 6.07) is 21.3. The van der Waals surface area contributed by atoms with Crippen LogP contribution < -0.4 is 15.0 Å². The van der Waals surface area contributed by atoms with Crippen LogP contribution in [0.3, 0.4) is 0 Å². The minimum Gasteiger partial charge on any atom is -0.490 e. The summed E-state index contributed by atoms with van der Waals surface area (Å²) in [5, 5.41) is 4.47. The molecule has 2 aromatic heterocycles. The summed E-state index contributed by atoms with van der Waals surface area (Å²) in [7, 11) is 1.62. The number of pyridine rings is 1. The average Bonchev–Trinajstić information content (AvgIpc) is 3.50. The number of hydrogen-bond donors (Lipinski definition) is 1. The van der Waals surface area contributed by atoms with Crippen molar-refractivity contribution in [3.63, 3.8) is 0 Å². The number of nitrogens with one attached hydrogen (secondary N) is 1. The zero-order chi connectivity index (χ0) is 25.1.